The lowest BCUT2D eigenvalue weighted by Crippen LogP contribution is -2.62. The third-order valence-corrected chi connectivity index (χ3v) is 9.48. The van der Waals surface area contributed by atoms with Crippen molar-refractivity contribution in [2.75, 3.05) is 13.2 Å². The second kappa shape index (κ2) is 5.48. The van der Waals surface area contributed by atoms with Crippen LogP contribution in [-0.2, 0) is 14.3 Å². The summed E-state index contributed by atoms with van der Waals surface area (Å²) >= 11 is 6.75. The topological polar surface area (TPSA) is 55.8 Å². The zero-order chi connectivity index (χ0) is 18.3. The molecule has 8 atom stereocenters. The number of halogens is 1. The lowest BCUT2D eigenvalue weighted by atomic mass is 9.46. The fourth-order valence-corrected chi connectivity index (χ4v) is 8.07. The molecular weight excluding hydrogens is 352 g/mol. The Labute approximate surface area is 160 Å². The van der Waals surface area contributed by atoms with Crippen molar-refractivity contribution in [1.82, 2.24) is 0 Å². The molecule has 0 aromatic rings. The molecule has 2 heterocycles. The van der Waals surface area contributed by atoms with Gasteiger partial charge in [-0.3, -0.25) is 0 Å². The molecular formula is C21H29ClO4. The average molecular weight is 381 g/mol. The molecule has 0 bridgehead atoms. The highest BCUT2D eigenvalue weighted by Gasteiger charge is 2.68. The maximum Gasteiger partial charge on any atom is 0.330 e. The standard InChI is InChI=1S/C21H29ClO4/c1-19-11-25-15(23)10-14(19)17(22)18(24)16-12(19)4-7-20(2)13(16)5-8-21(20)6-3-9-26-21/h10,12-13,16-18,24H,3-9,11H2,1-2H3/t12-,13-,16+,17-,18-,19+,20-,21-/m0/s1. The number of carbonyl (C=O) groups is 1. The molecule has 0 aromatic heterocycles. The van der Waals surface area contributed by atoms with E-state index in [1.807, 2.05) is 0 Å². The first kappa shape index (κ1) is 17.5. The summed E-state index contributed by atoms with van der Waals surface area (Å²) in [7, 11) is 0. The quantitative estimate of drug-likeness (QED) is 0.516. The van der Waals surface area contributed by atoms with Crippen LogP contribution in [0.3, 0.4) is 0 Å². The van der Waals surface area contributed by atoms with Crippen molar-refractivity contribution < 1.29 is 19.4 Å². The lowest BCUT2D eigenvalue weighted by Gasteiger charge is -2.61. The highest BCUT2D eigenvalue weighted by molar-refractivity contribution is 6.23. The van der Waals surface area contributed by atoms with Crippen LogP contribution in [0, 0.1) is 28.6 Å². The van der Waals surface area contributed by atoms with Crippen molar-refractivity contribution in [3.05, 3.63) is 11.6 Å². The molecule has 1 saturated heterocycles. The van der Waals surface area contributed by atoms with Gasteiger partial charge in [0.1, 0.15) is 6.61 Å². The van der Waals surface area contributed by atoms with E-state index in [0.29, 0.717) is 18.4 Å². The van der Waals surface area contributed by atoms with Crippen molar-refractivity contribution >= 4 is 17.6 Å². The summed E-state index contributed by atoms with van der Waals surface area (Å²) in [5.74, 6) is 0.556. The molecule has 5 heteroatoms. The first-order valence-electron chi connectivity index (χ1n) is 10.2. The maximum atomic E-state index is 11.8. The van der Waals surface area contributed by atoms with Crippen molar-refractivity contribution in [2.24, 2.45) is 28.6 Å². The highest BCUT2D eigenvalue weighted by atomic mass is 35.5. The van der Waals surface area contributed by atoms with Gasteiger partial charge >= 0.3 is 5.97 Å². The number of rotatable bonds is 0. The van der Waals surface area contributed by atoms with E-state index in [0.717, 1.165) is 50.7 Å². The Balaban J connectivity index is 1.56. The Morgan fingerprint density at radius 2 is 1.96 bits per heavy atom. The van der Waals surface area contributed by atoms with Gasteiger partial charge in [0, 0.05) is 18.1 Å². The summed E-state index contributed by atoms with van der Waals surface area (Å²) in [5.41, 5.74) is 0.751. The van der Waals surface area contributed by atoms with Crippen LogP contribution in [0.15, 0.2) is 11.6 Å². The molecule has 4 fully saturated rings. The van der Waals surface area contributed by atoms with Gasteiger partial charge in [0.2, 0.25) is 0 Å². The minimum Gasteiger partial charge on any atom is -0.462 e. The van der Waals surface area contributed by atoms with E-state index in [2.05, 4.69) is 13.8 Å². The van der Waals surface area contributed by atoms with E-state index in [1.54, 1.807) is 6.08 Å². The number of hydrogen-bond acceptors (Lipinski definition) is 4. The third-order valence-electron chi connectivity index (χ3n) is 8.98. The van der Waals surface area contributed by atoms with Crippen LogP contribution in [0.25, 0.3) is 0 Å². The van der Waals surface area contributed by atoms with Crippen molar-refractivity contribution in [3.63, 3.8) is 0 Å². The summed E-state index contributed by atoms with van der Waals surface area (Å²) in [6, 6.07) is 0. The summed E-state index contributed by atoms with van der Waals surface area (Å²) < 4.78 is 11.8. The van der Waals surface area contributed by atoms with Gasteiger partial charge in [-0.1, -0.05) is 13.8 Å². The number of esters is 1. The SMILES string of the molecule is C[C@]12COC(=O)C=C1[C@H](Cl)[C@@H](O)[C@@H]1[C@@H]2CC[C@@]2(C)[C@H]1CC[C@@]21CCCO1. The molecule has 3 aliphatic carbocycles. The van der Waals surface area contributed by atoms with Gasteiger partial charge in [0.05, 0.1) is 17.1 Å². The monoisotopic (exact) mass is 380 g/mol. The van der Waals surface area contributed by atoms with E-state index in [9.17, 15) is 9.90 Å². The molecule has 0 amide bonds. The van der Waals surface area contributed by atoms with Crippen molar-refractivity contribution in [1.29, 1.82) is 0 Å². The van der Waals surface area contributed by atoms with Crippen LogP contribution in [0.4, 0.5) is 0 Å². The fraction of sp³-hybridized carbons (Fsp3) is 0.857. The summed E-state index contributed by atoms with van der Waals surface area (Å²) in [6.07, 6.45) is 7.61. The molecule has 0 unspecified atom stereocenters. The molecule has 5 rings (SSSR count). The van der Waals surface area contributed by atoms with Gasteiger partial charge in [0.15, 0.2) is 0 Å². The number of hydrogen-bond donors (Lipinski definition) is 1. The van der Waals surface area contributed by atoms with Crippen LogP contribution in [-0.4, -0.2) is 41.4 Å². The second-order valence-electron chi connectivity index (χ2n) is 9.75. The number of alkyl halides is 1. The molecule has 2 aliphatic heterocycles. The van der Waals surface area contributed by atoms with Gasteiger partial charge in [-0.15, -0.1) is 11.6 Å². The summed E-state index contributed by atoms with van der Waals surface area (Å²) in [5, 5.41) is 10.7. The maximum absolute atomic E-state index is 11.8. The Hall–Kier alpha value is -0.580. The molecule has 0 aromatic carbocycles. The van der Waals surface area contributed by atoms with Crippen LogP contribution in [0.1, 0.15) is 52.4 Å². The summed E-state index contributed by atoms with van der Waals surface area (Å²) in [6.45, 7) is 5.85. The van der Waals surface area contributed by atoms with Gasteiger partial charge in [0.25, 0.3) is 0 Å². The Bertz CT molecular complexity index is 669. The smallest absolute Gasteiger partial charge is 0.330 e. The normalized spacial score (nSPS) is 55.8. The van der Waals surface area contributed by atoms with E-state index >= 15 is 0 Å². The zero-order valence-electron chi connectivity index (χ0n) is 15.7. The number of aliphatic hydroxyl groups is 1. The predicted octanol–water partition coefficient (Wildman–Crippen LogP) is 3.45. The minimum atomic E-state index is -0.604. The van der Waals surface area contributed by atoms with Crippen LogP contribution >= 0.6 is 11.6 Å². The molecule has 26 heavy (non-hydrogen) atoms. The number of fused-ring (bicyclic) bond motifs is 6. The van der Waals surface area contributed by atoms with Crippen LogP contribution < -0.4 is 0 Å². The Morgan fingerprint density at radius 3 is 2.69 bits per heavy atom. The van der Waals surface area contributed by atoms with Gasteiger partial charge in [-0.05, 0) is 67.3 Å². The highest BCUT2D eigenvalue weighted by Crippen LogP contribution is 2.69. The first-order chi connectivity index (χ1) is 12.3. The number of cyclic esters (lactones) is 1. The number of carbonyl (C=O) groups excluding carboxylic acids is 1. The van der Waals surface area contributed by atoms with Gasteiger partial charge < -0.3 is 14.6 Å². The van der Waals surface area contributed by atoms with Gasteiger partial charge in [-0.25, -0.2) is 4.79 Å². The molecule has 144 valence electrons. The molecule has 4 nitrogen and oxygen atoms in total. The lowest BCUT2D eigenvalue weighted by molar-refractivity contribution is -0.169. The van der Waals surface area contributed by atoms with Crippen molar-refractivity contribution in [2.45, 2.75) is 69.5 Å². The van der Waals surface area contributed by atoms with E-state index in [4.69, 9.17) is 21.1 Å². The predicted molar refractivity (Wildman–Crippen MR) is 97.8 cm³/mol. The van der Waals surface area contributed by atoms with Crippen LogP contribution in [0.5, 0.6) is 0 Å². The molecule has 3 saturated carbocycles. The molecule has 1 N–H and O–H groups in total. The molecule has 1 spiro atoms. The Kier molecular flexibility index (Phi) is 3.69. The average Bonchev–Trinajstić information content (AvgIpc) is 3.21. The van der Waals surface area contributed by atoms with E-state index in [-0.39, 0.29) is 28.3 Å². The van der Waals surface area contributed by atoms with Crippen LogP contribution in [0.2, 0.25) is 0 Å². The fourth-order valence-electron chi connectivity index (χ4n) is 7.59. The summed E-state index contributed by atoms with van der Waals surface area (Å²) in [4.78, 5) is 11.8. The van der Waals surface area contributed by atoms with E-state index in [1.165, 1.54) is 0 Å². The zero-order valence-corrected chi connectivity index (χ0v) is 16.4. The second-order valence-corrected chi connectivity index (χ2v) is 10.2. The molecule has 0 radical (unpaired) electrons. The molecule has 5 aliphatic rings. The number of aliphatic hydroxyl groups excluding tert-OH is 1. The first-order valence-corrected chi connectivity index (χ1v) is 10.6. The van der Waals surface area contributed by atoms with Crippen molar-refractivity contribution in [3.8, 4) is 0 Å². The Morgan fingerprint density at radius 1 is 1.19 bits per heavy atom. The minimum absolute atomic E-state index is 0.000216. The number of ether oxygens (including phenoxy) is 2. The van der Waals surface area contributed by atoms with E-state index < -0.39 is 11.5 Å². The third kappa shape index (κ3) is 1.96. The van der Waals surface area contributed by atoms with Gasteiger partial charge in [-0.2, -0.15) is 0 Å². The largest absolute Gasteiger partial charge is 0.462 e.